The number of aryl methyl sites for hydroxylation is 1. The average molecular weight is 400 g/mol. The maximum absolute atomic E-state index is 12.9. The largest absolute Gasteiger partial charge is 0.368 e. The van der Waals surface area contributed by atoms with Gasteiger partial charge in [0.25, 0.3) is 5.91 Å². The van der Waals surface area contributed by atoms with Crippen molar-refractivity contribution in [3.8, 4) is 11.4 Å². The lowest BCUT2D eigenvalue weighted by molar-refractivity contribution is -0.0967. The van der Waals surface area contributed by atoms with Gasteiger partial charge in [-0.05, 0) is 43.4 Å². The Bertz CT molecular complexity index is 1060. The molecule has 152 valence electrons. The highest BCUT2D eigenvalue weighted by Crippen LogP contribution is 2.41. The highest BCUT2D eigenvalue weighted by molar-refractivity contribution is 5.92. The highest BCUT2D eigenvalue weighted by atomic mass is 16.5. The number of likely N-dealkylation sites (tertiary alicyclic amines) is 1. The molecular formula is C24H24N4O2. The summed E-state index contributed by atoms with van der Waals surface area (Å²) in [7, 11) is 0. The molecule has 2 aliphatic heterocycles. The van der Waals surface area contributed by atoms with Crippen molar-refractivity contribution < 1.29 is 9.53 Å². The maximum Gasteiger partial charge on any atom is 0.272 e. The minimum atomic E-state index is -0.447. The Morgan fingerprint density at radius 1 is 1.03 bits per heavy atom. The third kappa shape index (κ3) is 3.37. The second-order valence-electron chi connectivity index (χ2n) is 8.04. The number of piperidine rings is 1. The molecule has 0 aliphatic carbocycles. The molecule has 0 bridgehead atoms. The normalized spacial score (nSPS) is 17.6. The zero-order valence-electron chi connectivity index (χ0n) is 17.0. The van der Waals surface area contributed by atoms with Gasteiger partial charge in [-0.2, -0.15) is 0 Å². The van der Waals surface area contributed by atoms with E-state index in [1.165, 1.54) is 0 Å². The lowest BCUT2D eigenvalue weighted by atomic mass is 9.83. The predicted molar refractivity (Wildman–Crippen MR) is 113 cm³/mol. The third-order valence-electron chi connectivity index (χ3n) is 6.07. The third-order valence-corrected chi connectivity index (χ3v) is 6.07. The minimum Gasteiger partial charge on any atom is -0.368 e. The van der Waals surface area contributed by atoms with Gasteiger partial charge in [0.15, 0.2) is 5.82 Å². The summed E-state index contributed by atoms with van der Waals surface area (Å²) in [5, 5.41) is 0. The summed E-state index contributed by atoms with van der Waals surface area (Å²) in [6.07, 6.45) is 5.96. The first-order valence-electron chi connectivity index (χ1n) is 10.4. The zero-order valence-corrected chi connectivity index (χ0v) is 17.0. The van der Waals surface area contributed by atoms with Crippen LogP contribution < -0.4 is 0 Å². The second-order valence-corrected chi connectivity index (χ2v) is 8.04. The Hall–Kier alpha value is -3.12. The van der Waals surface area contributed by atoms with Crippen LogP contribution in [0.3, 0.4) is 0 Å². The molecular weight excluding hydrogens is 376 g/mol. The lowest BCUT2D eigenvalue weighted by Gasteiger charge is -2.44. The van der Waals surface area contributed by atoms with Gasteiger partial charge in [0.2, 0.25) is 0 Å². The quantitative estimate of drug-likeness (QED) is 0.658. The molecule has 6 heteroatoms. The first-order chi connectivity index (χ1) is 14.6. The number of ether oxygens (including phenoxy) is 1. The van der Waals surface area contributed by atoms with Gasteiger partial charge in [-0.1, -0.05) is 36.4 Å². The first kappa shape index (κ1) is 18.9. The van der Waals surface area contributed by atoms with Crippen LogP contribution in [0.4, 0.5) is 0 Å². The average Bonchev–Trinajstić information content (AvgIpc) is 2.80. The number of hydrogen-bond acceptors (Lipinski definition) is 5. The van der Waals surface area contributed by atoms with Gasteiger partial charge < -0.3 is 9.64 Å². The summed E-state index contributed by atoms with van der Waals surface area (Å²) < 4.78 is 6.33. The molecule has 1 fully saturated rings. The van der Waals surface area contributed by atoms with E-state index < -0.39 is 5.60 Å². The topological polar surface area (TPSA) is 68.2 Å². The number of aromatic nitrogens is 3. The van der Waals surface area contributed by atoms with E-state index in [0.29, 0.717) is 25.4 Å². The number of nitrogens with zero attached hydrogens (tertiary/aromatic N) is 4. The Balaban J connectivity index is 1.39. The van der Waals surface area contributed by atoms with E-state index in [9.17, 15) is 4.79 Å². The SMILES string of the molecule is Cc1ccc(C(=O)N2CCC3(CC2)OCCc2cnc(-c4ccccc4)nc23)nc1. The van der Waals surface area contributed by atoms with E-state index >= 15 is 0 Å². The van der Waals surface area contributed by atoms with Crippen LogP contribution in [0.5, 0.6) is 0 Å². The van der Waals surface area contributed by atoms with Gasteiger partial charge >= 0.3 is 0 Å². The van der Waals surface area contributed by atoms with E-state index in [1.807, 2.05) is 54.4 Å². The molecule has 2 aliphatic rings. The number of fused-ring (bicyclic) bond motifs is 2. The van der Waals surface area contributed by atoms with Crippen molar-refractivity contribution in [3.05, 3.63) is 77.4 Å². The summed E-state index contributed by atoms with van der Waals surface area (Å²) >= 11 is 0. The van der Waals surface area contributed by atoms with Crippen molar-refractivity contribution in [3.63, 3.8) is 0 Å². The van der Waals surface area contributed by atoms with E-state index in [1.54, 1.807) is 12.3 Å². The van der Waals surface area contributed by atoms with Gasteiger partial charge in [-0.3, -0.25) is 9.78 Å². The van der Waals surface area contributed by atoms with Crippen molar-refractivity contribution in [1.29, 1.82) is 0 Å². The van der Waals surface area contributed by atoms with Crippen LogP contribution >= 0.6 is 0 Å². The Morgan fingerprint density at radius 2 is 1.83 bits per heavy atom. The van der Waals surface area contributed by atoms with Crippen LogP contribution in [0.15, 0.2) is 54.9 Å². The summed E-state index contributed by atoms with van der Waals surface area (Å²) in [5.41, 5.74) is 4.24. The van der Waals surface area contributed by atoms with Crippen LogP contribution in [0, 0.1) is 6.92 Å². The van der Waals surface area contributed by atoms with Crippen molar-refractivity contribution in [2.45, 2.75) is 31.8 Å². The fourth-order valence-electron chi connectivity index (χ4n) is 4.34. The van der Waals surface area contributed by atoms with Crippen LogP contribution in [0.1, 0.15) is 40.2 Å². The van der Waals surface area contributed by atoms with Crippen molar-refractivity contribution in [1.82, 2.24) is 19.9 Å². The predicted octanol–water partition coefficient (Wildman–Crippen LogP) is 3.55. The molecule has 0 atom stereocenters. The molecule has 0 unspecified atom stereocenters. The molecule has 0 radical (unpaired) electrons. The Morgan fingerprint density at radius 3 is 2.57 bits per heavy atom. The van der Waals surface area contributed by atoms with Gasteiger partial charge in [0.1, 0.15) is 11.3 Å². The van der Waals surface area contributed by atoms with Crippen LogP contribution in [-0.2, 0) is 16.8 Å². The molecule has 0 N–H and O–H groups in total. The van der Waals surface area contributed by atoms with Gasteiger partial charge in [0, 0.05) is 31.0 Å². The monoisotopic (exact) mass is 400 g/mol. The van der Waals surface area contributed by atoms with Crippen LogP contribution in [0.2, 0.25) is 0 Å². The molecule has 0 saturated carbocycles. The first-order valence-corrected chi connectivity index (χ1v) is 10.4. The fourth-order valence-corrected chi connectivity index (χ4v) is 4.34. The molecule has 5 rings (SSSR count). The number of carbonyl (C=O) groups excluding carboxylic acids is 1. The summed E-state index contributed by atoms with van der Waals surface area (Å²) in [4.78, 5) is 28.6. The molecule has 30 heavy (non-hydrogen) atoms. The number of pyridine rings is 1. The molecule has 1 saturated heterocycles. The van der Waals surface area contributed by atoms with Crippen LogP contribution in [0.25, 0.3) is 11.4 Å². The molecule has 1 aromatic carbocycles. The van der Waals surface area contributed by atoms with E-state index in [2.05, 4.69) is 9.97 Å². The van der Waals surface area contributed by atoms with Gasteiger partial charge in [-0.25, -0.2) is 9.97 Å². The number of rotatable bonds is 2. The Labute approximate surface area is 176 Å². The van der Waals surface area contributed by atoms with Gasteiger partial charge in [0.05, 0.1) is 12.3 Å². The van der Waals surface area contributed by atoms with E-state index in [-0.39, 0.29) is 5.91 Å². The maximum atomic E-state index is 12.9. The Kier molecular flexibility index (Phi) is 4.79. The summed E-state index contributed by atoms with van der Waals surface area (Å²) in [5.74, 6) is 0.704. The van der Waals surface area contributed by atoms with Crippen molar-refractivity contribution in [2.75, 3.05) is 19.7 Å². The van der Waals surface area contributed by atoms with E-state index in [4.69, 9.17) is 9.72 Å². The smallest absolute Gasteiger partial charge is 0.272 e. The number of hydrogen-bond donors (Lipinski definition) is 0. The lowest BCUT2D eigenvalue weighted by Crippen LogP contribution is -2.49. The standard InChI is InChI=1S/C24H24N4O2/c1-17-7-8-20(25-15-17)23(29)28-12-10-24(11-13-28)21-19(9-14-30-24)16-26-22(27-21)18-5-3-2-4-6-18/h2-8,15-16H,9-14H2,1H3. The molecule has 1 spiro atoms. The molecule has 4 heterocycles. The molecule has 6 nitrogen and oxygen atoms in total. The number of benzene rings is 1. The van der Waals surface area contributed by atoms with Gasteiger partial charge in [-0.15, -0.1) is 0 Å². The highest BCUT2D eigenvalue weighted by Gasteiger charge is 2.43. The fraction of sp³-hybridized carbons (Fsp3) is 0.333. The van der Waals surface area contributed by atoms with Crippen molar-refractivity contribution in [2.24, 2.45) is 0 Å². The molecule has 2 aromatic heterocycles. The second kappa shape index (κ2) is 7.61. The molecule has 1 amide bonds. The van der Waals surface area contributed by atoms with Crippen LogP contribution in [-0.4, -0.2) is 45.5 Å². The zero-order chi connectivity index (χ0) is 20.6. The number of amides is 1. The van der Waals surface area contributed by atoms with E-state index in [0.717, 1.165) is 47.5 Å². The minimum absolute atomic E-state index is 0.0199. The number of carbonyl (C=O) groups is 1. The summed E-state index contributed by atoms with van der Waals surface area (Å²) in [6.45, 7) is 3.88. The van der Waals surface area contributed by atoms with Crippen molar-refractivity contribution >= 4 is 5.91 Å². The summed E-state index contributed by atoms with van der Waals surface area (Å²) in [6, 6.07) is 13.7. The molecule has 3 aromatic rings.